The third-order valence-electron chi connectivity index (χ3n) is 3.02. The highest BCUT2D eigenvalue weighted by molar-refractivity contribution is 9.10. The zero-order valence-corrected chi connectivity index (χ0v) is 12.4. The summed E-state index contributed by atoms with van der Waals surface area (Å²) >= 11 is 9.63. The van der Waals surface area contributed by atoms with Crippen LogP contribution in [0.3, 0.4) is 0 Å². The van der Waals surface area contributed by atoms with Gasteiger partial charge in [-0.2, -0.15) is 0 Å². The summed E-state index contributed by atoms with van der Waals surface area (Å²) in [5.74, 6) is 0.606. The van der Waals surface area contributed by atoms with E-state index in [1.54, 1.807) is 0 Å². The summed E-state index contributed by atoms with van der Waals surface area (Å²) in [6.45, 7) is 6.45. The Morgan fingerprint density at radius 3 is 2.62 bits per heavy atom. The Hall–Kier alpha value is -0.0500. The van der Waals surface area contributed by atoms with Crippen molar-refractivity contribution in [1.82, 2.24) is 0 Å². The molecular formula is C13H19BrClN. The molecule has 90 valence electrons. The highest BCUT2D eigenvalue weighted by atomic mass is 79.9. The molecule has 0 fully saturated rings. The molecule has 0 aromatic heterocycles. The van der Waals surface area contributed by atoms with Crippen LogP contribution in [0.1, 0.15) is 39.2 Å². The molecule has 2 atom stereocenters. The van der Waals surface area contributed by atoms with Crippen molar-refractivity contribution in [3.8, 4) is 0 Å². The molecule has 0 spiro atoms. The van der Waals surface area contributed by atoms with Gasteiger partial charge >= 0.3 is 0 Å². The van der Waals surface area contributed by atoms with E-state index in [1.165, 1.54) is 0 Å². The largest absolute Gasteiger partial charge is 0.322 e. The lowest BCUT2D eigenvalue weighted by Gasteiger charge is -2.29. The molecule has 16 heavy (non-hydrogen) atoms. The topological polar surface area (TPSA) is 26.0 Å². The van der Waals surface area contributed by atoms with Gasteiger partial charge in [0.05, 0.1) is 0 Å². The van der Waals surface area contributed by atoms with Crippen molar-refractivity contribution in [2.45, 2.75) is 39.2 Å². The van der Waals surface area contributed by atoms with Gasteiger partial charge in [-0.3, -0.25) is 0 Å². The van der Waals surface area contributed by atoms with Crippen LogP contribution in [0.15, 0.2) is 22.7 Å². The van der Waals surface area contributed by atoms with E-state index in [9.17, 15) is 0 Å². The van der Waals surface area contributed by atoms with Crippen LogP contribution >= 0.6 is 27.5 Å². The van der Waals surface area contributed by atoms with Gasteiger partial charge in [-0.1, -0.05) is 53.9 Å². The molecule has 0 bridgehead atoms. The Labute approximate surface area is 111 Å². The van der Waals surface area contributed by atoms with Gasteiger partial charge in [0.2, 0.25) is 0 Å². The predicted molar refractivity (Wildman–Crippen MR) is 74.8 cm³/mol. The molecule has 1 rings (SSSR count). The predicted octanol–water partition coefficient (Wildman–Crippen LogP) is 4.71. The van der Waals surface area contributed by atoms with E-state index >= 15 is 0 Å². The van der Waals surface area contributed by atoms with E-state index in [1.807, 2.05) is 25.1 Å². The normalized spacial score (nSPS) is 16.9. The molecule has 2 unspecified atom stereocenters. The Morgan fingerprint density at radius 2 is 2.12 bits per heavy atom. The summed E-state index contributed by atoms with van der Waals surface area (Å²) < 4.78 is 0.987. The number of nitrogens with two attached hydrogens (primary N) is 1. The van der Waals surface area contributed by atoms with Crippen molar-refractivity contribution in [1.29, 1.82) is 0 Å². The average Bonchev–Trinajstić information content (AvgIpc) is 2.16. The molecule has 0 aliphatic rings. The van der Waals surface area contributed by atoms with Gasteiger partial charge in [0, 0.05) is 15.0 Å². The van der Waals surface area contributed by atoms with Crippen LogP contribution in [0.2, 0.25) is 5.02 Å². The second kappa shape index (κ2) is 5.52. The van der Waals surface area contributed by atoms with Crippen LogP contribution in [-0.2, 0) is 5.54 Å². The zero-order valence-electron chi connectivity index (χ0n) is 10.1. The second-order valence-electron chi connectivity index (χ2n) is 4.76. The van der Waals surface area contributed by atoms with E-state index in [0.717, 1.165) is 27.9 Å². The van der Waals surface area contributed by atoms with Gasteiger partial charge in [0.1, 0.15) is 0 Å². The van der Waals surface area contributed by atoms with E-state index in [4.69, 9.17) is 17.3 Å². The minimum absolute atomic E-state index is 0.354. The summed E-state index contributed by atoms with van der Waals surface area (Å²) in [6.07, 6.45) is 2.09. The lowest BCUT2D eigenvalue weighted by molar-refractivity contribution is 0.356. The Bertz CT molecular complexity index is 363. The number of halogens is 2. The van der Waals surface area contributed by atoms with Gasteiger partial charge in [0.25, 0.3) is 0 Å². The summed E-state index contributed by atoms with van der Waals surface area (Å²) in [7, 11) is 0. The van der Waals surface area contributed by atoms with Gasteiger partial charge in [0.15, 0.2) is 0 Å². The Morgan fingerprint density at radius 1 is 1.50 bits per heavy atom. The first-order chi connectivity index (χ1) is 7.36. The molecule has 0 aliphatic heterocycles. The molecule has 0 aliphatic carbocycles. The standard InChI is InChI=1S/C13H19BrClN/c1-4-9(2)8-13(3,16)11-6-5-10(14)7-12(11)15/h5-7,9H,4,8,16H2,1-3H3. The summed E-state index contributed by atoms with van der Waals surface area (Å²) in [6, 6.07) is 5.90. The Kier molecular flexibility index (Phi) is 4.84. The van der Waals surface area contributed by atoms with Crippen LogP contribution in [0.4, 0.5) is 0 Å². The maximum absolute atomic E-state index is 6.37. The van der Waals surface area contributed by atoms with E-state index in [2.05, 4.69) is 29.8 Å². The van der Waals surface area contributed by atoms with E-state index in [0.29, 0.717) is 5.92 Å². The summed E-state index contributed by atoms with van der Waals surface area (Å²) in [5.41, 5.74) is 7.04. The fourth-order valence-electron chi connectivity index (χ4n) is 1.93. The molecular weight excluding hydrogens is 286 g/mol. The zero-order chi connectivity index (χ0) is 12.3. The first kappa shape index (κ1) is 14.0. The highest BCUT2D eigenvalue weighted by Crippen LogP contribution is 2.33. The lowest BCUT2D eigenvalue weighted by atomic mass is 9.83. The van der Waals surface area contributed by atoms with Crippen LogP contribution in [0, 0.1) is 5.92 Å². The van der Waals surface area contributed by atoms with E-state index < -0.39 is 0 Å². The average molecular weight is 305 g/mol. The first-order valence-corrected chi connectivity index (χ1v) is 6.78. The quantitative estimate of drug-likeness (QED) is 0.856. The number of hydrogen-bond acceptors (Lipinski definition) is 1. The van der Waals surface area contributed by atoms with Crippen LogP contribution in [-0.4, -0.2) is 0 Å². The fraction of sp³-hybridized carbons (Fsp3) is 0.538. The van der Waals surface area contributed by atoms with E-state index in [-0.39, 0.29) is 5.54 Å². The number of rotatable bonds is 4. The molecule has 0 heterocycles. The van der Waals surface area contributed by atoms with Gasteiger partial charge in [-0.05, 0) is 37.0 Å². The molecule has 1 nitrogen and oxygen atoms in total. The maximum atomic E-state index is 6.37. The molecule has 1 aromatic carbocycles. The summed E-state index contributed by atoms with van der Waals surface area (Å²) in [4.78, 5) is 0. The van der Waals surface area contributed by atoms with Gasteiger partial charge in [-0.15, -0.1) is 0 Å². The first-order valence-electron chi connectivity index (χ1n) is 5.61. The van der Waals surface area contributed by atoms with Crippen molar-refractivity contribution in [2.24, 2.45) is 11.7 Å². The molecule has 0 saturated carbocycles. The van der Waals surface area contributed by atoms with Gasteiger partial charge < -0.3 is 5.73 Å². The SMILES string of the molecule is CCC(C)CC(C)(N)c1ccc(Br)cc1Cl. The van der Waals surface area contributed by atoms with Crippen molar-refractivity contribution in [2.75, 3.05) is 0 Å². The fourth-order valence-corrected chi connectivity index (χ4v) is 2.82. The van der Waals surface area contributed by atoms with Crippen molar-refractivity contribution < 1.29 is 0 Å². The minimum atomic E-state index is -0.354. The molecule has 1 aromatic rings. The van der Waals surface area contributed by atoms with Crippen molar-refractivity contribution in [3.05, 3.63) is 33.3 Å². The lowest BCUT2D eigenvalue weighted by Crippen LogP contribution is -2.35. The molecule has 0 saturated heterocycles. The Balaban J connectivity index is 2.97. The maximum Gasteiger partial charge on any atom is 0.0467 e. The molecule has 0 radical (unpaired) electrons. The van der Waals surface area contributed by atoms with Crippen molar-refractivity contribution in [3.63, 3.8) is 0 Å². The minimum Gasteiger partial charge on any atom is -0.322 e. The van der Waals surface area contributed by atoms with Crippen LogP contribution < -0.4 is 5.73 Å². The molecule has 0 amide bonds. The smallest absolute Gasteiger partial charge is 0.0467 e. The monoisotopic (exact) mass is 303 g/mol. The third-order valence-corrected chi connectivity index (χ3v) is 3.82. The van der Waals surface area contributed by atoms with Crippen LogP contribution in [0.25, 0.3) is 0 Å². The number of benzene rings is 1. The van der Waals surface area contributed by atoms with Crippen molar-refractivity contribution >= 4 is 27.5 Å². The molecule has 3 heteroatoms. The second-order valence-corrected chi connectivity index (χ2v) is 6.08. The molecule has 2 N–H and O–H groups in total. The third kappa shape index (κ3) is 3.47. The van der Waals surface area contributed by atoms with Crippen LogP contribution in [0.5, 0.6) is 0 Å². The number of hydrogen-bond donors (Lipinski definition) is 1. The van der Waals surface area contributed by atoms with Gasteiger partial charge in [-0.25, -0.2) is 0 Å². The summed E-state index contributed by atoms with van der Waals surface area (Å²) in [5, 5.41) is 0.739. The highest BCUT2D eigenvalue weighted by Gasteiger charge is 2.25.